The maximum atomic E-state index is 11.8. The molecule has 1 atom stereocenters. The van der Waals surface area contributed by atoms with Crippen LogP contribution in [0.1, 0.15) is 26.7 Å². The topological polar surface area (TPSA) is 57.7 Å². The summed E-state index contributed by atoms with van der Waals surface area (Å²) >= 11 is 0. The minimum atomic E-state index is -2.84. The molecule has 0 aromatic heterocycles. The van der Waals surface area contributed by atoms with Crippen LogP contribution in [0.25, 0.3) is 0 Å². The van der Waals surface area contributed by atoms with Crippen molar-refractivity contribution >= 4 is 15.7 Å². The molecule has 0 saturated carbocycles. The summed E-state index contributed by atoms with van der Waals surface area (Å²) in [5.41, 5.74) is 0. The number of rotatable bonds is 6. The van der Waals surface area contributed by atoms with E-state index in [0.29, 0.717) is 19.4 Å². The Bertz CT molecular complexity index is 377. The van der Waals surface area contributed by atoms with Gasteiger partial charge in [-0.15, -0.1) is 0 Å². The van der Waals surface area contributed by atoms with Crippen LogP contribution in [0.5, 0.6) is 0 Å². The van der Waals surface area contributed by atoms with Gasteiger partial charge >= 0.3 is 0 Å². The quantitative estimate of drug-likeness (QED) is 0.703. The summed E-state index contributed by atoms with van der Waals surface area (Å²) < 4.78 is 22.8. The monoisotopic (exact) mass is 276 g/mol. The Hall–Kier alpha value is -0.620. The van der Waals surface area contributed by atoms with Crippen LogP contribution in [0.15, 0.2) is 0 Å². The van der Waals surface area contributed by atoms with E-state index in [9.17, 15) is 13.2 Å². The number of hydrogen-bond acceptors (Lipinski definition) is 4. The van der Waals surface area contributed by atoms with Crippen molar-refractivity contribution in [2.24, 2.45) is 0 Å². The van der Waals surface area contributed by atoms with E-state index in [1.165, 1.54) is 0 Å². The molecule has 1 amide bonds. The number of carbonyl (C=O) groups is 1. The molecule has 18 heavy (non-hydrogen) atoms. The molecule has 106 valence electrons. The van der Waals surface area contributed by atoms with Crippen molar-refractivity contribution in [3.05, 3.63) is 0 Å². The average molecular weight is 276 g/mol. The summed E-state index contributed by atoms with van der Waals surface area (Å²) in [6.07, 6.45) is 1.16. The van der Waals surface area contributed by atoms with Gasteiger partial charge in [-0.25, -0.2) is 8.42 Å². The van der Waals surface area contributed by atoms with Crippen LogP contribution in [-0.4, -0.2) is 68.4 Å². The second-order valence-corrected chi connectivity index (χ2v) is 7.08. The fourth-order valence-electron chi connectivity index (χ4n) is 2.31. The lowest BCUT2D eigenvalue weighted by molar-refractivity contribution is -0.131. The maximum Gasteiger partial charge on any atom is 0.223 e. The molecule has 1 unspecified atom stereocenters. The molecule has 1 rings (SSSR count). The molecule has 5 nitrogen and oxygen atoms in total. The van der Waals surface area contributed by atoms with Gasteiger partial charge in [0.05, 0.1) is 11.5 Å². The molecule has 0 aromatic carbocycles. The predicted molar refractivity (Wildman–Crippen MR) is 72.2 cm³/mol. The molecule has 0 bridgehead atoms. The molecular formula is C12H24N2O3S. The third-order valence-electron chi connectivity index (χ3n) is 3.63. The lowest BCUT2D eigenvalue weighted by atomic mass is 10.2. The zero-order chi connectivity index (χ0) is 13.8. The molecule has 1 aliphatic rings. The van der Waals surface area contributed by atoms with Crippen molar-refractivity contribution in [2.75, 3.05) is 38.2 Å². The van der Waals surface area contributed by atoms with Gasteiger partial charge in [-0.05, 0) is 27.3 Å². The lowest BCUT2D eigenvalue weighted by Gasteiger charge is -2.24. The van der Waals surface area contributed by atoms with E-state index in [1.807, 2.05) is 25.8 Å². The Morgan fingerprint density at radius 1 is 1.28 bits per heavy atom. The first-order valence-corrected chi connectivity index (χ1v) is 8.40. The van der Waals surface area contributed by atoms with Crippen LogP contribution in [-0.2, 0) is 14.6 Å². The summed E-state index contributed by atoms with van der Waals surface area (Å²) in [5, 5.41) is 0. The van der Waals surface area contributed by atoms with E-state index in [2.05, 4.69) is 0 Å². The SMILES string of the molecule is CCN(CC)C(=O)CCN(C)C1CCS(=O)(=O)C1. The number of nitrogens with zero attached hydrogens (tertiary/aromatic N) is 2. The van der Waals surface area contributed by atoms with Crippen molar-refractivity contribution in [3.8, 4) is 0 Å². The van der Waals surface area contributed by atoms with Gasteiger partial charge in [-0.1, -0.05) is 0 Å². The second kappa shape index (κ2) is 6.52. The van der Waals surface area contributed by atoms with Crippen LogP contribution < -0.4 is 0 Å². The van der Waals surface area contributed by atoms with E-state index in [0.717, 1.165) is 13.1 Å². The van der Waals surface area contributed by atoms with Gasteiger partial charge in [0.25, 0.3) is 0 Å². The lowest BCUT2D eigenvalue weighted by Crippen LogP contribution is -2.37. The third-order valence-corrected chi connectivity index (χ3v) is 5.38. The summed E-state index contributed by atoms with van der Waals surface area (Å²) in [6, 6.07) is 0.0829. The third kappa shape index (κ3) is 4.24. The summed E-state index contributed by atoms with van der Waals surface area (Å²) in [6.45, 7) is 6.03. The first-order valence-electron chi connectivity index (χ1n) is 6.58. The van der Waals surface area contributed by atoms with Gasteiger partial charge in [-0.3, -0.25) is 4.79 Å². The van der Waals surface area contributed by atoms with E-state index >= 15 is 0 Å². The Morgan fingerprint density at radius 3 is 2.33 bits per heavy atom. The van der Waals surface area contributed by atoms with Gasteiger partial charge in [0.1, 0.15) is 0 Å². The predicted octanol–water partition coefficient (Wildman–Crippen LogP) is 0.364. The van der Waals surface area contributed by atoms with E-state index in [1.54, 1.807) is 4.90 Å². The highest BCUT2D eigenvalue weighted by molar-refractivity contribution is 7.91. The standard InChI is InChI=1S/C12H24N2O3S/c1-4-14(5-2)12(15)6-8-13(3)11-7-9-18(16,17)10-11/h11H,4-10H2,1-3H3. The highest BCUT2D eigenvalue weighted by atomic mass is 32.2. The fraction of sp³-hybridized carbons (Fsp3) is 0.917. The maximum absolute atomic E-state index is 11.8. The normalized spacial score (nSPS) is 22.3. The molecule has 0 N–H and O–H groups in total. The number of amides is 1. The summed E-state index contributed by atoms with van der Waals surface area (Å²) in [7, 11) is -0.938. The Balaban J connectivity index is 2.38. The van der Waals surface area contributed by atoms with Crippen LogP contribution >= 0.6 is 0 Å². The van der Waals surface area contributed by atoms with Gasteiger partial charge in [0.15, 0.2) is 9.84 Å². The van der Waals surface area contributed by atoms with Crippen molar-refractivity contribution in [2.45, 2.75) is 32.7 Å². The smallest absolute Gasteiger partial charge is 0.223 e. The zero-order valence-electron chi connectivity index (χ0n) is 11.6. The first-order chi connectivity index (χ1) is 8.39. The van der Waals surface area contributed by atoms with Gasteiger partial charge in [-0.2, -0.15) is 0 Å². The molecule has 1 fully saturated rings. The van der Waals surface area contributed by atoms with Gasteiger partial charge < -0.3 is 9.80 Å². The minimum Gasteiger partial charge on any atom is -0.343 e. The minimum absolute atomic E-state index is 0.0829. The van der Waals surface area contributed by atoms with E-state index < -0.39 is 9.84 Å². The number of hydrogen-bond donors (Lipinski definition) is 0. The molecular weight excluding hydrogens is 252 g/mol. The highest BCUT2D eigenvalue weighted by Gasteiger charge is 2.30. The van der Waals surface area contributed by atoms with Crippen LogP contribution in [0.2, 0.25) is 0 Å². The zero-order valence-corrected chi connectivity index (χ0v) is 12.4. The summed E-state index contributed by atoms with van der Waals surface area (Å²) in [4.78, 5) is 15.6. The van der Waals surface area contributed by atoms with Gasteiger partial charge in [0.2, 0.25) is 5.91 Å². The highest BCUT2D eigenvalue weighted by Crippen LogP contribution is 2.16. The summed E-state index contributed by atoms with van der Waals surface area (Å²) in [5.74, 6) is 0.669. The average Bonchev–Trinajstić information content (AvgIpc) is 2.68. The van der Waals surface area contributed by atoms with Crippen molar-refractivity contribution in [1.29, 1.82) is 0 Å². The molecule has 1 heterocycles. The number of sulfone groups is 1. The Labute approximate surface area is 110 Å². The fourth-order valence-corrected chi connectivity index (χ4v) is 4.12. The van der Waals surface area contributed by atoms with E-state index in [4.69, 9.17) is 0 Å². The van der Waals surface area contributed by atoms with Crippen molar-refractivity contribution in [3.63, 3.8) is 0 Å². The molecule has 0 radical (unpaired) electrons. The number of carbonyl (C=O) groups excluding carboxylic acids is 1. The van der Waals surface area contributed by atoms with Crippen molar-refractivity contribution < 1.29 is 13.2 Å². The molecule has 1 saturated heterocycles. The Morgan fingerprint density at radius 2 is 1.89 bits per heavy atom. The second-order valence-electron chi connectivity index (χ2n) is 4.85. The first kappa shape index (κ1) is 15.4. The van der Waals surface area contributed by atoms with Crippen LogP contribution in [0.3, 0.4) is 0 Å². The Kier molecular flexibility index (Phi) is 5.59. The molecule has 0 spiro atoms. The van der Waals surface area contributed by atoms with Crippen LogP contribution in [0, 0.1) is 0 Å². The molecule has 6 heteroatoms. The molecule has 1 aliphatic heterocycles. The largest absolute Gasteiger partial charge is 0.343 e. The molecule has 0 aromatic rings. The van der Waals surface area contributed by atoms with E-state index in [-0.39, 0.29) is 23.5 Å². The molecule has 0 aliphatic carbocycles. The van der Waals surface area contributed by atoms with Crippen molar-refractivity contribution in [1.82, 2.24) is 9.80 Å². The van der Waals surface area contributed by atoms with Gasteiger partial charge in [0, 0.05) is 32.1 Å². The van der Waals surface area contributed by atoms with Crippen LogP contribution in [0.4, 0.5) is 0 Å².